The number of esters is 1. The maximum atomic E-state index is 12.2. The Morgan fingerprint density at radius 1 is 1.40 bits per heavy atom. The maximum Gasteiger partial charge on any atom is 0.323 e. The molecule has 0 unspecified atom stereocenters. The highest BCUT2D eigenvalue weighted by atomic mass is 35.5. The fraction of sp³-hybridized carbons (Fsp3) is 0.375. The zero-order valence-corrected chi connectivity index (χ0v) is 15.1. The predicted octanol–water partition coefficient (Wildman–Crippen LogP) is 1.74. The van der Waals surface area contributed by atoms with Gasteiger partial charge in [-0.05, 0) is 24.1 Å². The van der Waals surface area contributed by atoms with E-state index in [4.69, 9.17) is 16.3 Å². The Morgan fingerprint density at radius 2 is 2.16 bits per heavy atom. The number of rotatable bonds is 5. The third kappa shape index (κ3) is 4.33. The van der Waals surface area contributed by atoms with Crippen molar-refractivity contribution in [1.29, 1.82) is 0 Å². The zero-order valence-electron chi connectivity index (χ0n) is 13.5. The van der Waals surface area contributed by atoms with Crippen LogP contribution >= 0.6 is 23.3 Å². The second kappa shape index (κ2) is 7.90. The number of methoxy groups -OCH3 is 1. The molecule has 1 aromatic heterocycles. The van der Waals surface area contributed by atoms with Gasteiger partial charge in [-0.25, -0.2) is 0 Å². The largest absolute Gasteiger partial charge is 0.468 e. The minimum absolute atomic E-state index is 0.161. The number of nitrogens with zero attached hydrogens (tertiary/aromatic N) is 3. The Bertz CT molecular complexity index is 738. The van der Waals surface area contributed by atoms with Crippen LogP contribution in [0.15, 0.2) is 30.5 Å². The highest BCUT2D eigenvalue weighted by Crippen LogP contribution is 2.23. The summed E-state index contributed by atoms with van der Waals surface area (Å²) in [7, 11) is 1.37. The van der Waals surface area contributed by atoms with Crippen LogP contribution in [0.4, 0.5) is 0 Å². The molecule has 1 aromatic carbocycles. The van der Waals surface area contributed by atoms with Gasteiger partial charge in [-0.2, -0.15) is 8.75 Å². The van der Waals surface area contributed by atoms with E-state index in [1.807, 2.05) is 29.2 Å². The molecule has 0 aliphatic carbocycles. The SMILES string of the molecule is COC(=O)[C@@H]1C[C@@H](NC(=O)c2cnsn2)CN1Cc1ccc(Cl)cc1. The number of halogens is 1. The molecule has 2 atom stereocenters. The Kier molecular flexibility index (Phi) is 5.62. The van der Waals surface area contributed by atoms with Crippen LogP contribution in [0.2, 0.25) is 5.02 Å². The quantitative estimate of drug-likeness (QED) is 0.795. The monoisotopic (exact) mass is 380 g/mol. The summed E-state index contributed by atoms with van der Waals surface area (Å²) < 4.78 is 12.7. The zero-order chi connectivity index (χ0) is 17.8. The van der Waals surface area contributed by atoms with Crippen molar-refractivity contribution in [3.8, 4) is 0 Å². The van der Waals surface area contributed by atoms with Gasteiger partial charge in [0, 0.05) is 24.2 Å². The Labute approximate surface area is 154 Å². The van der Waals surface area contributed by atoms with E-state index >= 15 is 0 Å². The molecule has 0 radical (unpaired) electrons. The lowest BCUT2D eigenvalue weighted by Crippen LogP contribution is -2.37. The average molecular weight is 381 g/mol. The highest BCUT2D eigenvalue weighted by molar-refractivity contribution is 6.99. The average Bonchev–Trinajstić information content (AvgIpc) is 3.26. The molecule has 0 bridgehead atoms. The fourth-order valence-corrected chi connectivity index (χ4v) is 3.45. The Hall–Kier alpha value is -2.03. The Morgan fingerprint density at radius 3 is 2.80 bits per heavy atom. The van der Waals surface area contributed by atoms with Gasteiger partial charge < -0.3 is 10.1 Å². The van der Waals surface area contributed by atoms with Gasteiger partial charge in [0.1, 0.15) is 6.04 Å². The van der Waals surface area contributed by atoms with Crippen LogP contribution in [0.3, 0.4) is 0 Å². The van der Waals surface area contributed by atoms with Crippen molar-refractivity contribution in [2.24, 2.45) is 0 Å². The molecule has 1 N–H and O–H groups in total. The van der Waals surface area contributed by atoms with Crippen molar-refractivity contribution in [1.82, 2.24) is 19.0 Å². The van der Waals surface area contributed by atoms with Gasteiger partial charge in [0.25, 0.3) is 5.91 Å². The van der Waals surface area contributed by atoms with Crippen molar-refractivity contribution in [2.75, 3.05) is 13.7 Å². The second-order valence-electron chi connectivity index (χ2n) is 5.79. The molecular weight excluding hydrogens is 364 g/mol. The van der Waals surface area contributed by atoms with E-state index < -0.39 is 6.04 Å². The molecule has 1 amide bonds. The summed E-state index contributed by atoms with van der Waals surface area (Å²) in [6.45, 7) is 1.12. The van der Waals surface area contributed by atoms with Crippen molar-refractivity contribution in [3.63, 3.8) is 0 Å². The molecule has 0 spiro atoms. The second-order valence-corrected chi connectivity index (χ2v) is 6.79. The van der Waals surface area contributed by atoms with E-state index in [1.165, 1.54) is 13.3 Å². The highest BCUT2D eigenvalue weighted by Gasteiger charge is 2.38. The molecule has 9 heteroatoms. The van der Waals surface area contributed by atoms with E-state index in [0.29, 0.717) is 24.5 Å². The van der Waals surface area contributed by atoms with Crippen molar-refractivity contribution in [2.45, 2.75) is 25.0 Å². The fourth-order valence-electron chi connectivity index (χ4n) is 2.91. The normalized spacial score (nSPS) is 20.4. The number of hydrogen-bond acceptors (Lipinski definition) is 7. The van der Waals surface area contributed by atoms with Gasteiger partial charge in [0.15, 0.2) is 5.69 Å². The van der Waals surface area contributed by atoms with Crippen LogP contribution in [0.5, 0.6) is 0 Å². The molecule has 25 heavy (non-hydrogen) atoms. The third-order valence-corrected chi connectivity index (χ3v) is 4.83. The Balaban J connectivity index is 1.68. The van der Waals surface area contributed by atoms with Crippen LogP contribution in [0.1, 0.15) is 22.5 Å². The molecule has 2 aromatic rings. The lowest BCUT2D eigenvalue weighted by atomic mass is 10.1. The molecule has 132 valence electrons. The van der Waals surface area contributed by atoms with Gasteiger partial charge >= 0.3 is 5.97 Å². The van der Waals surface area contributed by atoms with Crippen LogP contribution in [0.25, 0.3) is 0 Å². The number of hydrogen-bond donors (Lipinski definition) is 1. The molecule has 1 fully saturated rings. The number of likely N-dealkylation sites (tertiary alicyclic amines) is 1. The molecule has 7 nitrogen and oxygen atoms in total. The topological polar surface area (TPSA) is 84.4 Å². The molecule has 3 rings (SSSR count). The summed E-state index contributed by atoms with van der Waals surface area (Å²) in [6, 6.07) is 6.90. The standard InChI is InChI=1S/C16H17ClN4O3S/c1-24-16(23)14-6-12(19-15(22)13-7-18-25-20-13)9-21(14)8-10-2-4-11(17)5-3-10/h2-5,7,12,14H,6,8-9H2,1H3,(H,19,22)/t12-,14+/m1/s1. The predicted molar refractivity (Wildman–Crippen MR) is 93.4 cm³/mol. The molecule has 0 saturated carbocycles. The first-order valence-electron chi connectivity index (χ1n) is 7.71. The number of amides is 1. The first kappa shape index (κ1) is 17.8. The molecular formula is C16H17ClN4O3S. The smallest absolute Gasteiger partial charge is 0.323 e. The van der Waals surface area contributed by atoms with E-state index in [9.17, 15) is 9.59 Å². The van der Waals surface area contributed by atoms with E-state index in [0.717, 1.165) is 17.3 Å². The van der Waals surface area contributed by atoms with Crippen LogP contribution in [0, 0.1) is 0 Å². The molecule has 2 heterocycles. The van der Waals surface area contributed by atoms with Gasteiger partial charge in [0.05, 0.1) is 25.0 Å². The number of benzene rings is 1. The minimum Gasteiger partial charge on any atom is -0.468 e. The number of carbonyl (C=O) groups excluding carboxylic acids is 2. The van der Waals surface area contributed by atoms with Crippen molar-refractivity contribution < 1.29 is 14.3 Å². The van der Waals surface area contributed by atoms with Crippen LogP contribution < -0.4 is 5.32 Å². The molecule has 1 saturated heterocycles. The van der Waals surface area contributed by atoms with Crippen LogP contribution in [-0.4, -0.2) is 51.3 Å². The number of ether oxygens (including phenoxy) is 1. The number of nitrogens with one attached hydrogen (secondary N) is 1. The molecule has 1 aliphatic rings. The summed E-state index contributed by atoms with van der Waals surface area (Å²) in [5.74, 6) is -0.586. The minimum atomic E-state index is -0.403. The van der Waals surface area contributed by atoms with Gasteiger partial charge in [-0.3, -0.25) is 14.5 Å². The summed E-state index contributed by atoms with van der Waals surface area (Å²) in [5, 5.41) is 3.57. The van der Waals surface area contributed by atoms with E-state index in [1.54, 1.807) is 0 Å². The van der Waals surface area contributed by atoms with Gasteiger partial charge in [-0.1, -0.05) is 23.7 Å². The van der Waals surface area contributed by atoms with Gasteiger partial charge in [0.2, 0.25) is 0 Å². The molecule has 1 aliphatic heterocycles. The first-order chi connectivity index (χ1) is 12.1. The van der Waals surface area contributed by atoms with Crippen LogP contribution in [-0.2, 0) is 16.1 Å². The lowest BCUT2D eigenvalue weighted by Gasteiger charge is -2.22. The lowest BCUT2D eigenvalue weighted by molar-refractivity contribution is -0.146. The third-order valence-electron chi connectivity index (χ3n) is 4.10. The van der Waals surface area contributed by atoms with Gasteiger partial charge in [-0.15, -0.1) is 0 Å². The van der Waals surface area contributed by atoms with E-state index in [-0.39, 0.29) is 23.6 Å². The first-order valence-corrected chi connectivity index (χ1v) is 8.82. The summed E-state index contributed by atoms with van der Waals surface area (Å²) >= 11 is 6.90. The van der Waals surface area contributed by atoms with Crippen molar-refractivity contribution >= 4 is 35.2 Å². The maximum absolute atomic E-state index is 12.2. The van der Waals surface area contributed by atoms with Crippen molar-refractivity contribution in [3.05, 3.63) is 46.7 Å². The summed E-state index contributed by atoms with van der Waals surface area (Å²) in [5.41, 5.74) is 1.32. The van der Waals surface area contributed by atoms with E-state index in [2.05, 4.69) is 14.1 Å². The number of aromatic nitrogens is 2. The summed E-state index contributed by atoms with van der Waals surface area (Å²) in [6.07, 6.45) is 1.92. The summed E-state index contributed by atoms with van der Waals surface area (Å²) in [4.78, 5) is 26.3. The number of carbonyl (C=O) groups is 2.